The number of aromatic hydroxyl groups is 1. The zero-order valence-electron chi connectivity index (χ0n) is 34.6. The number of rotatable bonds is 24. The summed E-state index contributed by atoms with van der Waals surface area (Å²) in [6.45, 7) is 1.37. The fourth-order valence-electron chi connectivity index (χ4n) is 6.59. The van der Waals surface area contributed by atoms with E-state index in [1.807, 2.05) is 0 Å². The number of hydrogen-bond donors (Lipinski definition) is 11. The van der Waals surface area contributed by atoms with Crippen molar-refractivity contribution in [3.8, 4) is 5.75 Å². The molecule has 2 aromatic rings. The van der Waals surface area contributed by atoms with Crippen molar-refractivity contribution in [1.29, 1.82) is 0 Å². The Balaban J connectivity index is 1.60. The van der Waals surface area contributed by atoms with E-state index in [2.05, 4.69) is 31.9 Å². The normalized spacial score (nSPS) is 15.8. The number of nitrogens with two attached hydrogens (primary N) is 2. The molecule has 6 atom stereocenters. The van der Waals surface area contributed by atoms with E-state index in [1.165, 1.54) is 29.2 Å². The number of aliphatic hydroxyl groups is 1. The molecule has 62 heavy (non-hydrogen) atoms. The highest BCUT2D eigenvalue weighted by atomic mass is 16.4. The maximum atomic E-state index is 14.0. The monoisotopic (exact) mass is 867 g/mol. The fraction of sp³-hybridized carbons (Fsp3) is 0.488. The van der Waals surface area contributed by atoms with Crippen molar-refractivity contribution in [1.82, 2.24) is 36.8 Å². The second kappa shape index (κ2) is 24.6. The van der Waals surface area contributed by atoms with Crippen LogP contribution in [0, 0.1) is 5.92 Å². The van der Waals surface area contributed by atoms with Crippen LogP contribution < -0.4 is 43.4 Å². The van der Waals surface area contributed by atoms with Crippen LogP contribution in [0.2, 0.25) is 0 Å². The van der Waals surface area contributed by atoms with Crippen LogP contribution in [-0.2, 0) is 56.0 Å². The van der Waals surface area contributed by atoms with Gasteiger partial charge in [0.15, 0.2) is 0 Å². The molecular formula is C41H57N9O12. The number of carbonyl (C=O) groups excluding carboxylic acids is 8. The summed E-state index contributed by atoms with van der Waals surface area (Å²) in [4.78, 5) is 116. The molecule has 0 bridgehead atoms. The highest BCUT2D eigenvalue weighted by Gasteiger charge is 2.39. The number of aliphatic carboxylic acids is 1. The summed E-state index contributed by atoms with van der Waals surface area (Å²) in [6, 6.07) is 7.24. The zero-order chi connectivity index (χ0) is 45.9. The number of nitrogens with one attached hydrogen (secondary N) is 6. The van der Waals surface area contributed by atoms with E-state index in [9.17, 15) is 58.5 Å². The summed E-state index contributed by atoms with van der Waals surface area (Å²) < 4.78 is 0. The maximum Gasteiger partial charge on any atom is 0.326 e. The molecule has 1 fully saturated rings. The van der Waals surface area contributed by atoms with Gasteiger partial charge < -0.3 is 63.6 Å². The Labute approximate surface area is 358 Å². The van der Waals surface area contributed by atoms with Crippen molar-refractivity contribution in [2.24, 2.45) is 17.4 Å². The summed E-state index contributed by atoms with van der Waals surface area (Å²) in [5, 5.41) is 43.6. The SMILES string of the molecule is CC(C)C[C@H](NC(=O)[C@@H]1CCCN1C(=O)[C@H](Cc1ccc(O)cc1)NC(=O)CNC(=O)[C@H](CO)NC(=O)CNC(=O)[C@H](CCC(N)=O)NC(=O)[C@@H](N)Cc1ccccc1)C(=O)O. The minimum atomic E-state index is -1.60. The van der Waals surface area contributed by atoms with Gasteiger partial charge in [-0.3, -0.25) is 38.4 Å². The van der Waals surface area contributed by atoms with Crippen molar-refractivity contribution in [3.05, 3.63) is 65.7 Å². The summed E-state index contributed by atoms with van der Waals surface area (Å²) >= 11 is 0. The number of hydrogen-bond acceptors (Lipinski definition) is 12. The predicted octanol–water partition coefficient (Wildman–Crippen LogP) is -2.94. The fourth-order valence-corrected chi connectivity index (χ4v) is 6.59. The number of benzene rings is 2. The van der Waals surface area contributed by atoms with Crippen molar-refractivity contribution in [2.45, 2.75) is 95.0 Å². The number of aliphatic hydroxyl groups excluding tert-OH is 1. The number of likely N-dealkylation sites (tertiary alicyclic amines) is 1. The van der Waals surface area contributed by atoms with Gasteiger partial charge in [-0.2, -0.15) is 0 Å². The number of carbonyl (C=O) groups is 9. The van der Waals surface area contributed by atoms with Gasteiger partial charge >= 0.3 is 5.97 Å². The maximum absolute atomic E-state index is 14.0. The first-order chi connectivity index (χ1) is 29.4. The highest BCUT2D eigenvalue weighted by molar-refractivity contribution is 5.96. The molecule has 0 aliphatic carbocycles. The van der Waals surface area contributed by atoms with E-state index >= 15 is 0 Å². The number of phenolic OH excluding ortho intramolecular Hbond substituents is 1. The molecule has 0 aromatic heterocycles. The first kappa shape index (κ1) is 49.8. The van der Waals surface area contributed by atoms with Crippen molar-refractivity contribution < 1.29 is 58.5 Å². The third-order valence-electron chi connectivity index (χ3n) is 9.80. The molecule has 3 rings (SSSR count). The van der Waals surface area contributed by atoms with Gasteiger partial charge in [-0.05, 0) is 61.3 Å². The van der Waals surface area contributed by atoms with E-state index < -0.39 is 109 Å². The lowest BCUT2D eigenvalue weighted by molar-refractivity contribution is -0.145. The van der Waals surface area contributed by atoms with Crippen LogP contribution in [0.5, 0.6) is 5.75 Å². The molecular weight excluding hydrogens is 811 g/mol. The largest absolute Gasteiger partial charge is 0.508 e. The van der Waals surface area contributed by atoms with Crippen LogP contribution in [0.25, 0.3) is 0 Å². The first-order valence-electron chi connectivity index (χ1n) is 20.1. The Hall–Kier alpha value is -6.61. The molecule has 1 heterocycles. The molecule has 2 aromatic carbocycles. The van der Waals surface area contributed by atoms with Crippen LogP contribution in [-0.4, -0.2) is 136 Å². The molecule has 0 unspecified atom stereocenters. The Morgan fingerprint density at radius 2 is 1.32 bits per heavy atom. The van der Waals surface area contributed by atoms with E-state index in [0.717, 1.165) is 5.56 Å². The average molecular weight is 868 g/mol. The highest BCUT2D eigenvalue weighted by Crippen LogP contribution is 2.21. The third-order valence-corrected chi connectivity index (χ3v) is 9.80. The van der Waals surface area contributed by atoms with Crippen molar-refractivity contribution in [2.75, 3.05) is 26.2 Å². The topological polar surface area (TPSA) is 342 Å². The van der Waals surface area contributed by atoms with Crippen molar-refractivity contribution >= 4 is 53.2 Å². The van der Waals surface area contributed by atoms with Gasteiger partial charge in [0.25, 0.3) is 0 Å². The Morgan fingerprint density at radius 1 is 0.742 bits per heavy atom. The number of primary amides is 1. The Morgan fingerprint density at radius 3 is 1.89 bits per heavy atom. The molecule has 1 aliphatic heterocycles. The van der Waals surface area contributed by atoms with Crippen LogP contribution >= 0.6 is 0 Å². The molecule has 8 amide bonds. The molecule has 0 spiro atoms. The summed E-state index contributed by atoms with van der Waals surface area (Å²) in [5.41, 5.74) is 12.5. The summed E-state index contributed by atoms with van der Waals surface area (Å²) in [6.07, 6.45) is 0.401. The molecule has 21 heteroatoms. The second-order valence-electron chi connectivity index (χ2n) is 15.3. The van der Waals surface area contributed by atoms with Gasteiger partial charge in [0.2, 0.25) is 47.3 Å². The molecule has 13 N–H and O–H groups in total. The number of phenols is 1. The quantitative estimate of drug-likeness (QED) is 0.0504. The Bertz CT molecular complexity index is 1900. The summed E-state index contributed by atoms with van der Waals surface area (Å²) in [5.74, 6) is -7.74. The minimum Gasteiger partial charge on any atom is -0.508 e. The van der Waals surface area contributed by atoms with E-state index in [0.29, 0.717) is 12.0 Å². The van der Waals surface area contributed by atoms with Gasteiger partial charge in [0.1, 0.15) is 36.0 Å². The van der Waals surface area contributed by atoms with Gasteiger partial charge in [-0.1, -0.05) is 56.3 Å². The van der Waals surface area contributed by atoms with E-state index in [1.54, 1.807) is 44.2 Å². The van der Waals surface area contributed by atoms with Gasteiger partial charge in [-0.25, -0.2) is 4.79 Å². The smallest absolute Gasteiger partial charge is 0.326 e. The van der Waals surface area contributed by atoms with E-state index in [-0.39, 0.29) is 56.7 Å². The Kier molecular flexibility index (Phi) is 19.7. The molecule has 21 nitrogen and oxygen atoms in total. The predicted molar refractivity (Wildman–Crippen MR) is 221 cm³/mol. The number of nitrogens with zero attached hydrogens (tertiary/aromatic N) is 1. The second-order valence-corrected chi connectivity index (χ2v) is 15.3. The van der Waals surface area contributed by atoms with E-state index in [4.69, 9.17) is 11.5 Å². The van der Waals surface area contributed by atoms with Gasteiger partial charge in [-0.15, -0.1) is 0 Å². The number of carboxylic acid groups (broad SMARTS) is 1. The van der Waals surface area contributed by atoms with Crippen molar-refractivity contribution in [3.63, 3.8) is 0 Å². The first-order valence-corrected chi connectivity index (χ1v) is 20.1. The lowest BCUT2D eigenvalue weighted by Crippen LogP contribution is -2.57. The summed E-state index contributed by atoms with van der Waals surface area (Å²) in [7, 11) is 0. The van der Waals surface area contributed by atoms with Crippen LogP contribution in [0.4, 0.5) is 0 Å². The standard InChI is InChI=1S/C41H57N9O12/c1-23(2)17-30(41(61)62)49-39(59)32-9-6-16-50(32)40(60)29(19-25-10-12-26(52)13-11-25)46-34(54)20-45-38(58)31(22-51)47-35(55)21-44-37(57)28(14-15-33(43)53)48-36(56)27(42)18-24-7-4-3-5-8-24/h3-5,7-8,10-13,23,27-32,51-52H,6,9,14-22,42H2,1-2H3,(H2,43,53)(H,44,57)(H,45,58)(H,46,54)(H,47,55)(H,48,56)(H,49,59)(H,61,62)/t27-,28-,29-,30-,31-,32-/m0/s1. The number of carboxylic acids is 1. The molecule has 0 radical (unpaired) electrons. The minimum absolute atomic E-state index is 0.0438. The van der Waals surface area contributed by atoms with Crippen LogP contribution in [0.1, 0.15) is 57.1 Å². The number of amides is 8. The lowest BCUT2D eigenvalue weighted by atomic mass is 10.0. The molecule has 0 saturated carbocycles. The van der Waals surface area contributed by atoms with Gasteiger partial charge in [0, 0.05) is 19.4 Å². The zero-order valence-corrected chi connectivity index (χ0v) is 34.6. The van der Waals surface area contributed by atoms with Crippen LogP contribution in [0.3, 0.4) is 0 Å². The molecule has 338 valence electrons. The van der Waals surface area contributed by atoms with Crippen LogP contribution in [0.15, 0.2) is 54.6 Å². The molecule has 1 saturated heterocycles. The van der Waals surface area contributed by atoms with Gasteiger partial charge in [0.05, 0.1) is 25.7 Å². The third kappa shape index (κ3) is 16.4. The molecule has 1 aliphatic rings. The lowest BCUT2D eigenvalue weighted by Gasteiger charge is -2.30. The average Bonchev–Trinajstić information content (AvgIpc) is 3.73.